The largest absolute Gasteiger partial charge is 0.478 e. The Balaban J connectivity index is 1.29. The first-order valence-corrected chi connectivity index (χ1v) is 16.7. The zero-order valence-corrected chi connectivity index (χ0v) is 28.4. The second-order valence-electron chi connectivity index (χ2n) is 11.4. The number of hydrogen-bond donors (Lipinski definition) is 3. The lowest BCUT2D eigenvalue weighted by Crippen LogP contribution is -2.32. The van der Waals surface area contributed by atoms with Gasteiger partial charge in [-0.25, -0.2) is 9.78 Å². The molecule has 3 N–H and O–H groups in total. The van der Waals surface area contributed by atoms with Gasteiger partial charge >= 0.3 is 5.97 Å². The van der Waals surface area contributed by atoms with Crippen LogP contribution in [0.15, 0.2) is 103 Å². The summed E-state index contributed by atoms with van der Waals surface area (Å²) in [5, 5.41) is 16.2. The van der Waals surface area contributed by atoms with Gasteiger partial charge in [-0.1, -0.05) is 65.7 Å². The molecule has 1 aromatic heterocycles. The lowest BCUT2D eigenvalue weighted by molar-refractivity contribution is -0.123. The summed E-state index contributed by atoms with van der Waals surface area (Å²) in [5.41, 5.74) is 3.50. The first-order valence-electron chi connectivity index (χ1n) is 15.9. The molecule has 5 rings (SSSR count). The lowest BCUT2D eigenvalue weighted by atomic mass is 10.0. The van der Waals surface area contributed by atoms with E-state index in [2.05, 4.69) is 10.6 Å². The molecule has 4 aromatic carbocycles. The molecule has 2 amide bonds. The van der Waals surface area contributed by atoms with Crippen molar-refractivity contribution in [2.24, 2.45) is 0 Å². The standard InChI is InChI=1S/C38H36Cl2N4O5/c1-2-44-24-34(31-20-15-28(39)22-32(31)40)43-37(44)33(42-36(46)10-6-9-35(45)41-23-26-7-4-3-5-8-26)21-25-11-16-29(17-12-25)49-30-18-13-27(14-19-30)38(47)48/h3-5,7-8,11-20,22,24,33H,2,6,9-10,21,23H2,1H3,(H,41,45)(H,42,46)(H,47,48)/t33-/m0/s1. The predicted octanol–water partition coefficient (Wildman–Crippen LogP) is 8.25. The van der Waals surface area contributed by atoms with E-state index in [1.165, 1.54) is 12.1 Å². The second-order valence-corrected chi connectivity index (χ2v) is 12.3. The molecule has 9 nitrogen and oxygen atoms in total. The molecule has 49 heavy (non-hydrogen) atoms. The van der Waals surface area contributed by atoms with Crippen LogP contribution in [0, 0.1) is 0 Å². The zero-order chi connectivity index (χ0) is 34.8. The van der Waals surface area contributed by atoms with E-state index in [-0.39, 0.29) is 30.2 Å². The van der Waals surface area contributed by atoms with Crippen LogP contribution in [0.5, 0.6) is 11.5 Å². The van der Waals surface area contributed by atoms with Crippen LogP contribution >= 0.6 is 23.2 Å². The molecule has 0 saturated carbocycles. The van der Waals surface area contributed by atoms with Crippen molar-refractivity contribution in [3.63, 3.8) is 0 Å². The van der Waals surface area contributed by atoms with Crippen LogP contribution in [0.4, 0.5) is 0 Å². The Hall–Kier alpha value is -5.12. The molecule has 0 aliphatic carbocycles. The van der Waals surface area contributed by atoms with Crippen LogP contribution in [0.2, 0.25) is 10.0 Å². The van der Waals surface area contributed by atoms with Gasteiger partial charge in [-0.05, 0) is 85.5 Å². The van der Waals surface area contributed by atoms with Gasteiger partial charge in [-0.2, -0.15) is 0 Å². The first kappa shape index (κ1) is 35.2. The van der Waals surface area contributed by atoms with Gasteiger partial charge in [-0.15, -0.1) is 0 Å². The van der Waals surface area contributed by atoms with Crippen molar-refractivity contribution in [1.82, 2.24) is 20.2 Å². The van der Waals surface area contributed by atoms with Crippen LogP contribution in [-0.4, -0.2) is 32.4 Å². The Morgan fingerprint density at radius 2 is 1.53 bits per heavy atom. The molecule has 0 fully saturated rings. The Kier molecular flexibility index (Phi) is 12.1. The van der Waals surface area contributed by atoms with Crippen molar-refractivity contribution in [1.29, 1.82) is 0 Å². The molecule has 0 radical (unpaired) electrons. The van der Waals surface area contributed by atoms with Crippen LogP contribution in [0.25, 0.3) is 11.3 Å². The van der Waals surface area contributed by atoms with Gasteiger partial charge in [0.05, 0.1) is 22.3 Å². The molecule has 0 saturated heterocycles. The topological polar surface area (TPSA) is 123 Å². The minimum atomic E-state index is -1.01. The third-order valence-corrected chi connectivity index (χ3v) is 8.39. The van der Waals surface area contributed by atoms with Crippen molar-refractivity contribution in [3.8, 4) is 22.8 Å². The molecule has 0 aliphatic rings. The Morgan fingerprint density at radius 1 is 0.857 bits per heavy atom. The molecule has 252 valence electrons. The van der Waals surface area contributed by atoms with Crippen molar-refractivity contribution < 1.29 is 24.2 Å². The van der Waals surface area contributed by atoms with Crippen molar-refractivity contribution in [2.45, 2.75) is 51.7 Å². The number of aryl methyl sites for hydroxylation is 1. The number of amides is 2. The van der Waals surface area contributed by atoms with Gasteiger partial charge in [0.1, 0.15) is 17.3 Å². The SMILES string of the molecule is CCn1cc(-c2ccc(Cl)cc2Cl)nc1[C@H](Cc1ccc(Oc2ccc(C(=O)O)cc2)cc1)NC(=O)CCCC(=O)NCc1ccccc1. The maximum atomic E-state index is 13.3. The number of imidazole rings is 1. The number of nitrogens with zero attached hydrogens (tertiary/aromatic N) is 2. The number of aromatic nitrogens is 2. The normalized spacial score (nSPS) is 11.5. The summed E-state index contributed by atoms with van der Waals surface area (Å²) < 4.78 is 7.89. The summed E-state index contributed by atoms with van der Waals surface area (Å²) in [5.74, 6) is 0.440. The Bertz CT molecular complexity index is 1890. The quantitative estimate of drug-likeness (QED) is 0.101. The minimum Gasteiger partial charge on any atom is -0.478 e. The molecule has 0 bridgehead atoms. The van der Waals surface area contributed by atoms with Crippen molar-refractivity contribution in [3.05, 3.63) is 136 Å². The molecular formula is C38H36Cl2N4O5. The summed E-state index contributed by atoms with van der Waals surface area (Å²) in [7, 11) is 0. The van der Waals surface area contributed by atoms with Gasteiger partial charge in [0.25, 0.3) is 0 Å². The number of rotatable bonds is 15. The fourth-order valence-electron chi connectivity index (χ4n) is 5.29. The monoisotopic (exact) mass is 698 g/mol. The number of carboxylic acids is 1. The molecule has 1 atom stereocenters. The number of carbonyl (C=O) groups is 3. The van der Waals surface area contributed by atoms with E-state index in [4.69, 9.17) is 38.0 Å². The van der Waals surface area contributed by atoms with E-state index in [1.54, 1.807) is 24.3 Å². The Labute approximate surface area is 294 Å². The van der Waals surface area contributed by atoms with E-state index in [0.29, 0.717) is 59.0 Å². The fourth-order valence-corrected chi connectivity index (χ4v) is 5.79. The van der Waals surface area contributed by atoms with Gasteiger partial charge in [0.15, 0.2) is 0 Å². The molecular weight excluding hydrogens is 663 g/mol. The predicted molar refractivity (Wildman–Crippen MR) is 190 cm³/mol. The van der Waals surface area contributed by atoms with E-state index in [0.717, 1.165) is 16.7 Å². The highest BCUT2D eigenvalue weighted by molar-refractivity contribution is 6.36. The van der Waals surface area contributed by atoms with E-state index < -0.39 is 12.0 Å². The number of carbonyl (C=O) groups excluding carboxylic acids is 2. The van der Waals surface area contributed by atoms with Crippen LogP contribution in [-0.2, 0) is 29.1 Å². The summed E-state index contributed by atoms with van der Waals surface area (Å²) in [6, 6.07) is 28.0. The molecule has 11 heteroatoms. The van der Waals surface area contributed by atoms with Crippen molar-refractivity contribution in [2.75, 3.05) is 0 Å². The smallest absolute Gasteiger partial charge is 0.335 e. The minimum absolute atomic E-state index is 0.112. The highest BCUT2D eigenvalue weighted by Gasteiger charge is 2.23. The third-order valence-electron chi connectivity index (χ3n) is 7.84. The van der Waals surface area contributed by atoms with Gasteiger partial charge < -0.3 is 25.0 Å². The number of nitrogens with one attached hydrogen (secondary N) is 2. The zero-order valence-electron chi connectivity index (χ0n) is 26.9. The summed E-state index contributed by atoms with van der Waals surface area (Å²) in [4.78, 5) is 41.8. The van der Waals surface area contributed by atoms with E-state index in [9.17, 15) is 14.4 Å². The summed E-state index contributed by atoms with van der Waals surface area (Å²) in [6.45, 7) is 3.05. The van der Waals surface area contributed by atoms with Gasteiger partial charge in [0, 0.05) is 42.7 Å². The average molecular weight is 700 g/mol. The van der Waals surface area contributed by atoms with Gasteiger partial charge in [-0.3, -0.25) is 9.59 Å². The molecule has 5 aromatic rings. The number of benzene rings is 4. The van der Waals surface area contributed by atoms with Crippen LogP contribution in [0.1, 0.15) is 59.5 Å². The number of halogens is 2. The van der Waals surface area contributed by atoms with Gasteiger partial charge in [0.2, 0.25) is 11.8 Å². The summed E-state index contributed by atoms with van der Waals surface area (Å²) in [6.07, 6.45) is 3.14. The molecule has 0 unspecified atom stereocenters. The molecule has 1 heterocycles. The van der Waals surface area contributed by atoms with E-state index >= 15 is 0 Å². The maximum Gasteiger partial charge on any atom is 0.335 e. The molecule has 0 aliphatic heterocycles. The van der Waals surface area contributed by atoms with Crippen LogP contribution in [0.3, 0.4) is 0 Å². The number of hydrogen-bond acceptors (Lipinski definition) is 5. The highest BCUT2D eigenvalue weighted by atomic mass is 35.5. The van der Waals surface area contributed by atoms with Crippen molar-refractivity contribution >= 4 is 41.0 Å². The number of carboxylic acid groups (broad SMARTS) is 1. The highest BCUT2D eigenvalue weighted by Crippen LogP contribution is 2.32. The third kappa shape index (κ3) is 9.95. The van der Waals surface area contributed by atoms with E-state index in [1.807, 2.05) is 78.4 Å². The number of ether oxygens (including phenoxy) is 1. The second kappa shape index (κ2) is 16.8. The summed E-state index contributed by atoms with van der Waals surface area (Å²) >= 11 is 12.7. The first-order chi connectivity index (χ1) is 23.7. The number of aromatic carboxylic acids is 1. The average Bonchev–Trinajstić information content (AvgIpc) is 3.53. The maximum absolute atomic E-state index is 13.3. The Morgan fingerprint density at radius 3 is 2.18 bits per heavy atom. The van der Waals surface area contributed by atoms with Crippen LogP contribution < -0.4 is 15.4 Å². The molecule has 0 spiro atoms. The lowest BCUT2D eigenvalue weighted by Gasteiger charge is -2.20. The fraction of sp³-hybridized carbons (Fsp3) is 0.211.